The van der Waals surface area contributed by atoms with Crippen molar-refractivity contribution in [3.05, 3.63) is 182 Å². The molecule has 52 heavy (non-hydrogen) atoms. The molecule has 0 aliphatic carbocycles. The molecular formula is C48H30N2OSe. The molecule has 0 bridgehead atoms. The van der Waals surface area contributed by atoms with E-state index in [1.165, 1.54) is 57.9 Å². The normalized spacial score (nSPS) is 11.8. The van der Waals surface area contributed by atoms with Crippen molar-refractivity contribution >= 4 is 94.6 Å². The summed E-state index contributed by atoms with van der Waals surface area (Å²) in [5, 5.41) is 7.50. The van der Waals surface area contributed by atoms with Crippen LogP contribution in [0.4, 0.5) is 17.1 Å². The van der Waals surface area contributed by atoms with E-state index in [0.717, 1.165) is 39.0 Å². The first-order valence-corrected chi connectivity index (χ1v) is 19.3. The molecule has 244 valence electrons. The first-order valence-electron chi connectivity index (χ1n) is 17.6. The number of aromatic nitrogens is 1. The fourth-order valence-electron chi connectivity index (χ4n) is 7.97. The van der Waals surface area contributed by atoms with Gasteiger partial charge in [-0.2, -0.15) is 0 Å². The van der Waals surface area contributed by atoms with Gasteiger partial charge in [-0.15, -0.1) is 0 Å². The van der Waals surface area contributed by atoms with Crippen LogP contribution < -0.4 is 4.90 Å². The van der Waals surface area contributed by atoms with E-state index in [4.69, 9.17) is 4.42 Å². The van der Waals surface area contributed by atoms with Gasteiger partial charge in [0.25, 0.3) is 0 Å². The van der Waals surface area contributed by atoms with Crippen molar-refractivity contribution in [3.63, 3.8) is 0 Å². The molecule has 4 heteroatoms. The van der Waals surface area contributed by atoms with Crippen molar-refractivity contribution < 1.29 is 4.42 Å². The molecule has 0 atom stereocenters. The molecule has 0 amide bonds. The monoisotopic (exact) mass is 730 g/mol. The molecule has 3 aromatic heterocycles. The minimum absolute atomic E-state index is 0.266. The van der Waals surface area contributed by atoms with Gasteiger partial charge in [-0.1, -0.05) is 36.4 Å². The Morgan fingerprint density at radius 2 is 1.00 bits per heavy atom. The number of hydrogen-bond acceptors (Lipinski definition) is 2. The predicted molar refractivity (Wildman–Crippen MR) is 220 cm³/mol. The average molecular weight is 730 g/mol. The molecule has 0 saturated carbocycles. The quantitative estimate of drug-likeness (QED) is 0.165. The smallest absolute Gasteiger partial charge is 0.0602 e. The second-order valence-electron chi connectivity index (χ2n) is 13.4. The van der Waals surface area contributed by atoms with E-state index in [1.807, 2.05) is 12.1 Å². The summed E-state index contributed by atoms with van der Waals surface area (Å²) in [4.78, 5) is 2.37. The predicted octanol–water partition coefficient (Wildman–Crippen LogP) is 13.2. The van der Waals surface area contributed by atoms with Gasteiger partial charge in [0.1, 0.15) is 0 Å². The summed E-state index contributed by atoms with van der Waals surface area (Å²) >= 11 is 0.266. The number of rotatable bonds is 5. The van der Waals surface area contributed by atoms with Gasteiger partial charge in [0, 0.05) is 5.69 Å². The second kappa shape index (κ2) is 11.6. The van der Waals surface area contributed by atoms with E-state index in [2.05, 4.69) is 179 Å². The van der Waals surface area contributed by atoms with E-state index in [1.54, 1.807) is 0 Å². The van der Waals surface area contributed by atoms with Gasteiger partial charge >= 0.3 is 237 Å². The molecule has 0 spiro atoms. The molecule has 11 aromatic rings. The number of furan rings is 1. The van der Waals surface area contributed by atoms with Gasteiger partial charge in [0.05, 0.1) is 5.52 Å². The van der Waals surface area contributed by atoms with Gasteiger partial charge in [-0.25, -0.2) is 0 Å². The Bertz CT molecular complexity index is 3020. The van der Waals surface area contributed by atoms with Crippen LogP contribution in [0.15, 0.2) is 186 Å². The molecular weight excluding hydrogens is 700 g/mol. The van der Waals surface area contributed by atoms with E-state index in [0.29, 0.717) is 0 Å². The first kappa shape index (κ1) is 29.4. The van der Waals surface area contributed by atoms with Crippen molar-refractivity contribution in [1.82, 2.24) is 4.57 Å². The summed E-state index contributed by atoms with van der Waals surface area (Å²) in [7, 11) is 0. The Morgan fingerprint density at radius 1 is 0.385 bits per heavy atom. The number of fused-ring (bicyclic) bond motifs is 9. The van der Waals surface area contributed by atoms with Crippen LogP contribution in [0.5, 0.6) is 0 Å². The third-order valence-electron chi connectivity index (χ3n) is 10.4. The second-order valence-corrected chi connectivity index (χ2v) is 15.6. The maximum absolute atomic E-state index is 6.38. The molecule has 0 unspecified atom stereocenters. The fourth-order valence-corrected chi connectivity index (χ4v) is 10.4. The molecule has 0 fully saturated rings. The average Bonchev–Trinajstić information content (AvgIpc) is 3.87. The van der Waals surface area contributed by atoms with Crippen LogP contribution in [0.25, 0.3) is 79.9 Å². The zero-order chi connectivity index (χ0) is 34.2. The zero-order valence-corrected chi connectivity index (χ0v) is 29.7. The zero-order valence-electron chi connectivity index (χ0n) is 28.0. The summed E-state index contributed by atoms with van der Waals surface area (Å²) in [5.74, 6) is 0. The van der Waals surface area contributed by atoms with Crippen molar-refractivity contribution in [2.24, 2.45) is 0 Å². The van der Waals surface area contributed by atoms with E-state index in [9.17, 15) is 0 Å². The number of anilines is 3. The molecule has 0 saturated heterocycles. The molecule has 0 radical (unpaired) electrons. The van der Waals surface area contributed by atoms with Gasteiger partial charge in [-0.05, 0) is 18.2 Å². The van der Waals surface area contributed by atoms with Crippen molar-refractivity contribution in [3.8, 4) is 16.8 Å². The molecule has 11 rings (SSSR count). The summed E-state index contributed by atoms with van der Waals surface area (Å²) in [6, 6.07) is 65.9. The van der Waals surface area contributed by atoms with Crippen LogP contribution in [0.2, 0.25) is 0 Å². The molecule has 8 aromatic carbocycles. The van der Waals surface area contributed by atoms with Gasteiger partial charge in [-0.3, -0.25) is 0 Å². The maximum atomic E-state index is 6.38. The third-order valence-corrected chi connectivity index (χ3v) is 12.8. The topological polar surface area (TPSA) is 21.3 Å². The summed E-state index contributed by atoms with van der Waals surface area (Å²) in [5.41, 5.74) is 11.1. The molecule has 0 N–H and O–H groups in total. The molecule has 3 heterocycles. The van der Waals surface area contributed by atoms with Crippen molar-refractivity contribution in [1.29, 1.82) is 0 Å². The Balaban J connectivity index is 1.04. The van der Waals surface area contributed by atoms with E-state index < -0.39 is 0 Å². The number of hydrogen-bond donors (Lipinski definition) is 0. The van der Waals surface area contributed by atoms with Gasteiger partial charge < -0.3 is 4.57 Å². The van der Waals surface area contributed by atoms with E-state index >= 15 is 0 Å². The number of benzene rings is 8. The van der Waals surface area contributed by atoms with E-state index in [-0.39, 0.29) is 14.5 Å². The van der Waals surface area contributed by atoms with Crippen molar-refractivity contribution in [2.45, 2.75) is 0 Å². The van der Waals surface area contributed by atoms with Crippen LogP contribution in [0, 0.1) is 0 Å². The van der Waals surface area contributed by atoms with Crippen molar-refractivity contribution in [2.75, 3.05) is 4.90 Å². The third kappa shape index (κ3) is 4.59. The summed E-state index contributed by atoms with van der Waals surface area (Å²) in [6.45, 7) is 0. The minimum Gasteiger partial charge on any atom is -0.0602 e. The van der Waals surface area contributed by atoms with Crippen LogP contribution in [-0.4, -0.2) is 19.1 Å². The standard InChI is InChI=1S/C48H30N2OSe/c1-2-10-33(11-3-1)50-43-15-7-4-12-37(43)42-28-32(20-27-44(42)50)31-18-21-34(22-19-31)49(35-23-25-39-38-13-5-8-16-45(38)51-46(39)29-35)36-24-26-41-40-14-6-9-17-47(40)52-48(41)30-36/h1-30H. The van der Waals surface area contributed by atoms with Crippen LogP contribution >= 0.6 is 0 Å². The number of nitrogens with zero attached hydrogens (tertiary/aromatic N) is 2. The Morgan fingerprint density at radius 3 is 1.87 bits per heavy atom. The fraction of sp³-hybridized carbons (Fsp3) is 0. The van der Waals surface area contributed by atoms with Crippen LogP contribution in [0.1, 0.15) is 0 Å². The van der Waals surface area contributed by atoms with Crippen LogP contribution in [0.3, 0.4) is 0 Å². The summed E-state index contributed by atoms with van der Waals surface area (Å²) < 4.78 is 11.6. The minimum atomic E-state index is 0.266. The summed E-state index contributed by atoms with van der Waals surface area (Å²) in [6.07, 6.45) is 0. The Kier molecular flexibility index (Phi) is 6.57. The molecule has 3 nitrogen and oxygen atoms in total. The molecule has 0 aliphatic rings. The molecule has 0 aliphatic heterocycles. The number of para-hydroxylation sites is 3. The SMILES string of the molecule is c1ccc(-n2c3ccccc3c3cc(-c4ccc(N(c5ccc6c(c5)oc5ccccc56)c5ccc6c(c5)[se]c5ccccc56)cc4)ccc32)cc1. The van der Waals surface area contributed by atoms with Crippen LogP contribution in [-0.2, 0) is 0 Å². The van der Waals surface area contributed by atoms with Gasteiger partial charge in [0.2, 0.25) is 0 Å². The Hall–Kier alpha value is -6.32. The van der Waals surface area contributed by atoms with Gasteiger partial charge in [0.15, 0.2) is 0 Å². The Labute approximate surface area is 305 Å². The first-order chi connectivity index (χ1) is 25.8.